The van der Waals surface area contributed by atoms with Gasteiger partial charge in [-0.3, -0.25) is 4.90 Å². The molecule has 1 fully saturated rings. The van der Waals surface area contributed by atoms with Gasteiger partial charge >= 0.3 is 12.3 Å². The molecule has 0 spiro atoms. The third kappa shape index (κ3) is 5.58. The fourth-order valence-electron chi connectivity index (χ4n) is 4.51. The van der Waals surface area contributed by atoms with E-state index in [1.165, 1.54) is 11.1 Å². The second-order valence-electron chi connectivity index (χ2n) is 9.05. The van der Waals surface area contributed by atoms with Crippen molar-refractivity contribution in [2.24, 2.45) is 7.05 Å². The fourth-order valence-corrected chi connectivity index (χ4v) is 4.51. The first-order chi connectivity index (χ1) is 18.6. The lowest BCUT2D eigenvalue weighted by atomic mass is 10.1. The fraction of sp³-hybridized carbons (Fsp3) is 0.269. The van der Waals surface area contributed by atoms with Gasteiger partial charge in [0.15, 0.2) is 0 Å². The molecular weight excluding hydrogens is 520 g/mol. The highest BCUT2D eigenvalue weighted by Gasteiger charge is 2.31. The lowest BCUT2D eigenvalue weighted by Gasteiger charge is -2.31. The first-order valence-corrected chi connectivity index (χ1v) is 12.1. The van der Waals surface area contributed by atoms with Gasteiger partial charge < -0.3 is 25.0 Å². The second kappa shape index (κ2) is 10.4. The normalized spacial score (nSPS) is 14.4. The number of imidazole rings is 1. The number of hydrogen-bond acceptors (Lipinski definition) is 6. The van der Waals surface area contributed by atoms with Gasteiger partial charge in [0.05, 0.1) is 22.3 Å². The number of carboxylic acid groups (broad SMARTS) is 1. The summed E-state index contributed by atoms with van der Waals surface area (Å²) in [5.74, 6) is 0.275. The van der Waals surface area contributed by atoms with Crippen molar-refractivity contribution in [1.82, 2.24) is 19.9 Å². The molecule has 0 radical (unpaired) electrons. The monoisotopic (exact) mass is 544 g/mol. The number of ether oxygens (including phenoxy) is 1. The molecule has 0 unspecified atom stereocenters. The van der Waals surface area contributed by atoms with Crippen molar-refractivity contribution in [1.29, 1.82) is 0 Å². The molecule has 0 atom stereocenters. The van der Waals surface area contributed by atoms with Gasteiger partial charge in [0.25, 0.3) is 0 Å². The number of amides is 1. The van der Waals surface area contributed by atoms with Crippen molar-refractivity contribution in [3.05, 3.63) is 66.1 Å². The van der Waals surface area contributed by atoms with Gasteiger partial charge in [0, 0.05) is 31.4 Å². The van der Waals surface area contributed by atoms with Gasteiger partial charge in [0.2, 0.25) is 5.95 Å². The maximum atomic E-state index is 14.3. The van der Waals surface area contributed by atoms with E-state index in [1.807, 2.05) is 0 Å². The van der Waals surface area contributed by atoms with Gasteiger partial charge in [-0.25, -0.2) is 19.2 Å². The van der Waals surface area contributed by atoms with Gasteiger partial charge in [-0.15, -0.1) is 0 Å². The first-order valence-electron chi connectivity index (χ1n) is 12.1. The molecule has 39 heavy (non-hydrogen) atoms. The zero-order valence-electron chi connectivity index (χ0n) is 20.7. The number of fused-ring (bicyclic) bond motifs is 1. The minimum atomic E-state index is -4.62. The molecule has 0 bridgehead atoms. The van der Waals surface area contributed by atoms with E-state index in [-0.39, 0.29) is 23.5 Å². The topological polar surface area (TPSA) is 105 Å². The van der Waals surface area contributed by atoms with Crippen LogP contribution in [0.25, 0.3) is 11.0 Å². The van der Waals surface area contributed by atoms with Crippen LogP contribution in [0, 0.1) is 5.82 Å². The molecule has 1 aliphatic rings. The van der Waals surface area contributed by atoms with E-state index in [0.29, 0.717) is 60.6 Å². The number of halogens is 4. The molecule has 1 aliphatic heterocycles. The molecular formula is C26H24F4N6O3. The average molecular weight is 545 g/mol. The smallest absolute Gasteiger partial charge is 0.416 e. The number of hydrogen-bond donors (Lipinski definition) is 3. The van der Waals surface area contributed by atoms with Crippen LogP contribution < -0.4 is 20.3 Å². The molecule has 9 nitrogen and oxygen atoms in total. The summed E-state index contributed by atoms with van der Waals surface area (Å²) in [5, 5.41) is 15.7. The molecule has 1 amide bonds. The van der Waals surface area contributed by atoms with E-state index >= 15 is 0 Å². The summed E-state index contributed by atoms with van der Waals surface area (Å²) in [6.45, 7) is 1.43. The zero-order chi connectivity index (χ0) is 27.7. The van der Waals surface area contributed by atoms with Gasteiger partial charge in [-0.2, -0.15) is 13.2 Å². The Morgan fingerprint density at radius 1 is 1.13 bits per heavy atom. The zero-order valence-corrected chi connectivity index (χ0v) is 20.7. The lowest BCUT2D eigenvalue weighted by Crippen LogP contribution is -2.46. The summed E-state index contributed by atoms with van der Waals surface area (Å²) in [6, 6.07) is 10.0. The highest BCUT2D eigenvalue weighted by atomic mass is 19.4. The van der Waals surface area contributed by atoms with Crippen molar-refractivity contribution in [2.45, 2.75) is 25.1 Å². The SMILES string of the molecule is Cn1c(Nc2cc(C(F)(F)F)ccc2F)nc2cc(Oc3ccnc(N(C(=O)O)C4CCNCC4)c3)ccc21. The number of alkyl halides is 3. The molecule has 2 aromatic heterocycles. The molecule has 5 rings (SSSR count). The summed E-state index contributed by atoms with van der Waals surface area (Å²) in [7, 11) is 1.64. The van der Waals surface area contributed by atoms with Crippen LogP contribution in [0.2, 0.25) is 0 Å². The average Bonchev–Trinajstić information content (AvgIpc) is 3.19. The molecule has 13 heteroatoms. The Morgan fingerprint density at radius 2 is 1.87 bits per heavy atom. The number of aryl methyl sites for hydroxylation is 1. The summed E-state index contributed by atoms with van der Waals surface area (Å²) >= 11 is 0. The molecule has 1 saturated heterocycles. The Balaban J connectivity index is 1.39. The summed E-state index contributed by atoms with van der Waals surface area (Å²) in [6.07, 6.45) is -2.93. The van der Waals surface area contributed by atoms with Crippen molar-refractivity contribution in [3.63, 3.8) is 0 Å². The van der Waals surface area contributed by atoms with Crippen molar-refractivity contribution in [2.75, 3.05) is 23.3 Å². The largest absolute Gasteiger partial charge is 0.465 e. The van der Waals surface area contributed by atoms with E-state index in [2.05, 4.69) is 20.6 Å². The van der Waals surface area contributed by atoms with Gasteiger partial charge in [-0.05, 0) is 62.3 Å². The highest BCUT2D eigenvalue weighted by molar-refractivity contribution is 5.86. The van der Waals surface area contributed by atoms with Crippen molar-refractivity contribution >= 4 is 34.6 Å². The Labute approximate surface area is 220 Å². The number of rotatable bonds is 6. The molecule has 204 valence electrons. The Kier molecular flexibility index (Phi) is 7.00. The third-order valence-corrected chi connectivity index (χ3v) is 6.47. The van der Waals surface area contributed by atoms with Gasteiger partial charge in [-0.1, -0.05) is 0 Å². The Morgan fingerprint density at radius 3 is 2.59 bits per heavy atom. The maximum absolute atomic E-state index is 14.3. The third-order valence-electron chi connectivity index (χ3n) is 6.47. The molecule has 0 aliphatic carbocycles. The molecule has 3 N–H and O–H groups in total. The van der Waals surface area contributed by atoms with Crippen LogP contribution in [0.1, 0.15) is 18.4 Å². The maximum Gasteiger partial charge on any atom is 0.416 e. The molecule has 0 saturated carbocycles. The standard InChI is InChI=1S/C26H24F4N6O3/c1-35-22-5-3-17(13-21(22)34-24(35)33-20-12-15(26(28,29)30)2-4-19(20)27)39-18-8-11-32-23(14-18)36(25(37)38)16-6-9-31-10-7-16/h2-5,8,11-14,16,31H,6-7,9-10H2,1H3,(H,33,34)(H,37,38). The molecule has 2 aromatic carbocycles. The van der Waals surface area contributed by atoms with E-state index in [1.54, 1.807) is 41.9 Å². The minimum absolute atomic E-state index is 0.130. The van der Waals surface area contributed by atoms with Gasteiger partial charge in [0.1, 0.15) is 23.1 Å². The number of nitrogens with one attached hydrogen (secondary N) is 2. The van der Waals surface area contributed by atoms with Crippen LogP contribution in [0.15, 0.2) is 54.7 Å². The van der Waals surface area contributed by atoms with Crippen LogP contribution >= 0.6 is 0 Å². The van der Waals surface area contributed by atoms with Crippen LogP contribution in [0.3, 0.4) is 0 Å². The number of aromatic nitrogens is 3. The van der Waals surface area contributed by atoms with Crippen LogP contribution in [0.5, 0.6) is 11.5 Å². The van der Waals surface area contributed by atoms with Crippen molar-refractivity contribution < 1.29 is 32.2 Å². The van der Waals surface area contributed by atoms with Crippen LogP contribution in [0.4, 0.5) is 39.8 Å². The van der Waals surface area contributed by atoms with E-state index < -0.39 is 23.7 Å². The Hall–Kier alpha value is -4.39. The number of benzene rings is 2. The summed E-state index contributed by atoms with van der Waals surface area (Å²) in [5.41, 5.74) is -0.281. The quantitative estimate of drug-likeness (QED) is 0.260. The van der Waals surface area contributed by atoms with Crippen LogP contribution in [-0.4, -0.2) is 44.9 Å². The first kappa shape index (κ1) is 26.2. The molecule has 3 heterocycles. The lowest BCUT2D eigenvalue weighted by molar-refractivity contribution is -0.137. The number of pyridine rings is 1. The predicted molar refractivity (Wildman–Crippen MR) is 136 cm³/mol. The van der Waals surface area contributed by atoms with Crippen molar-refractivity contribution in [3.8, 4) is 11.5 Å². The van der Waals surface area contributed by atoms with E-state index in [9.17, 15) is 27.5 Å². The van der Waals surface area contributed by atoms with Crippen LogP contribution in [-0.2, 0) is 13.2 Å². The Bertz CT molecular complexity index is 1520. The highest BCUT2D eigenvalue weighted by Crippen LogP contribution is 2.34. The number of piperidine rings is 1. The molecule has 4 aromatic rings. The number of carbonyl (C=O) groups is 1. The number of anilines is 3. The summed E-state index contributed by atoms with van der Waals surface area (Å²) in [4.78, 5) is 21.9. The minimum Gasteiger partial charge on any atom is -0.465 e. The summed E-state index contributed by atoms with van der Waals surface area (Å²) < 4.78 is 61.1. The van der Waals surface area contributed by atoms with E-state index in [4.69, 9.17) is 4.74 Å². The predicted octanol–water partition coefficient (Wildman–Crippen LogP) is 5.90. The van der Waals surface area contributed by atoms with E-state index in [0.717, 1.165) is 6.07 Å². The number of nitrogens with zero attached hydrogens (tertiary/aromatic N) is 4. The second-order valence-corrected chi connectivity index (χ2v) is 9.05.